The lowest BCUT2D eigenvalue weighted by molar-refractivity contribution is -0.119. The molecule has 3 rings (SSSR count). The van der Waals surface area contributed by atoms with Crippen molar-refractivity contribution in [3.63, 3.8) is 0 Å². The number of benzene rings is 3. The lowest BCUT2D eigenvalue weighted by Crippen LogP contribution is -2.21. The minimum absolute atomic E-state index is 0.248. The van der Waals surface area contributed by atoms with Crippen LogP contribution in [0, 0.1) is 0 Å². The van der Waals surface area contributed by atoms with Crippen LogP contribution in [0.15, 0.2) is 72.8 Å². The van der Waals surface area contributed by atoms with Crippen molar-refractivity contribution >= 4 is 17.6 Å². The number of nitrogens with one attached hydrogen (secondary N) is 1. The third kappa shape index (κ3) is 6.24. The molecule has 0 aliphatic carbocycles. The zero-order valence-corrected chi connectivity index (χ0v) is 17.3. The molecule has 0 aliphatic heterocycles. The van der Waals surface area contributed by atoms with E-state index in [9.17, 15) is 9.59 Å². The first-order chi connectivity index (χ1) is 15.1. The summed E-state index contributed by atoms with van der Waals surface area (Å²) in [6.45, 7) is -0.0595. The Morgan fingerprint density at radius 3 is 2.39 bits per heavy atom. The van der Waals surface area contributed by atoms with Gasteiger partial charge in [0.15, 0.2) is 18.1 Å². The molecular weight excluding hydrogens is 398 g/mol. The van der Waals surface area contributed by atoms with E-state index in [2.05, 4.69) is 5.32 Å². The van der Waals surface area contributed by atoms with Gasteiger partial charge in [0.2, 0.25) is 0 Å². The molecule has 0 spiro atoms. The van der Waals surface area contributed by atoms with Crippen LogP contribution in [-0.2, 0) is 16.1 Å². The van der Waals surface area contributed by atoms with Crippen molar-refractivity contribution in [2.24, 2.45) is 0 Å². The Labute approximate surface area is 180 Å². The summed E-state index contributed by atoms with van der Waals surface area (Å²) in [5.41, 5.74) is 1.80. The second-order valence-corrected chi connectivity index (χ2v) is 6.50. The Balaban J connectivity index is 1.56. The molecular formula is C24H23NO6. The summed E-state index contributed by atoms with van der Waals surface area (Å²) in [7, 11) is 3.02. The van der Waals surface area contributed by atoms with E-state index in [1.165, 1.54) is 20.3 Å². The number of carbonyl (C=O) groups is 2. The number of amides is 1. The van der Waals surface area contributed by atoms with E-state index in [1.54, 1.807) is 36.4 Å². The minimum Gasteiger partial charge on any atom is -0.497 e. The first-order valence-corrected chi connectivity index (χ1v) is 9.55. The molecule has 0 radical (unpaired) electrons. The number of hydrogen-bond donors (Lipinski definition) is 1. The van der Waals surface area contributed by atoms with Crippen LogP contribution in [0.5, 0.6) is 17.2 Å². The summed E-state index contributed by atoms with van der Waals surface area (Å²) in [6, 6.07) is 21.3. The summed E-state index contributed by atoms with van der Waals surface area (Å²) in [5.74, 6) is 0.395. The first kappa shape index (κ1) is 21.7. The topological polar surface area (TPSA) is 83.1 Å². The fraction of sp³-hybridized carbons (Fsp3) is 0.167. The molecule has 0 aromatic heterocycles. The van der Waals surface area contributed by atoms with Crippen LogP contribution in [0.3, 0.4) is 0 Å². The van der Waals surface area contributed by atoms with Crippen LogP contribution < -0.4 is 19.5 Å². The van der Waals surface area contributed by atoms with E-state index in [0.29, 0.717) is 29.5 Å². The van der Waals surface area contributed by atoms with Crippen LogP contribution in [-0.4, -0.2) is 32.7 Å². The van der Waals surface area contributed by atoms with Crippen molar-refractivity contribution in [3.05, 3.63) is 83.9 Å². The van der Waals surface area contributed by atoms with Crippen LogP contribution in [0.4, 0.5) is 5.69 Å². The summed E-state index contributed by atoms with van der Waals surface area (Å²) < 4.78 is 21.3. The van der Waals surface area contributed by atoms with Crippen molar-refractivity contribution in [1.29, 1.82) is 0 Å². The van der Waals surface area contributed by atoms with E-state index < -0.39 is 18.5 Å². The largest absolute Gasteiger partial charge is 0.497 e. The Morgan fingerprint density at radius 1 is 0.839 bits per heavy atom. The van der Waals surface area contributed by atoms with Crippen molar-refractivity contribution in [1.82, 2.24) is 0 Å². The first-order valence-electron chi connectivity index (χ1n) is 9.55. The second-order valence-electron chi connectivity index (χ2n) is 6.50. The van der Waals surface area contributed by atoms with E-state index in [0.717, 1.165) is 5.56 Å². The van der Waals surface area contributed by atoms with Gasteiger partial charge in [-0.1, -0.05) is 36.4 Å². The zero-order chi connectivity index (χ0) is 22.1. The third-order valence-electron chi connectivity index (χ3n) is 4.32. The molecule has 3 aromatic carbocycles. The molecule has 0 fully saturated rings. The lowest BCUT2D eigenvalue weighted by atomic mass is 10.2. The SMILES string of the molecule is COc1cccc(NC(=O)COC(=O)c2ccc(OCc3ccccc3)c(OC)c2)c1. The van der Waals surface area contributed by atoms with Gasteiger partial charge in [-0.15, -0.1) is 0 Å². The fourth-order valence-corrected chi connectivity index (χ4v) is 2.76. The molecule has 1 N–H and O–H groups in total. The van der Waals surface area contributed by atoms with Crippen molar-refractivity contribution < 1.29 is 28.5 Å². The molecule has 7 heteroatoms. The molecule has 0 aliphatic rings. The van der Waals surface area contributed by atoms with E-state index in [-0.39, 0.29) is 5.56 Å². The summed E-state index contributed by atoms with van der Waals surface area (Å²) in [5, 5.41) is 2.65. The molecule has 31 heavy (non-hydrogen) atoms. The van der Waals surface area contributed by atoms with Crippen LogP contribution >= 0.6 is 0 Å². The number of anilines is 1. The van der Waals surface area contributed by atoms with Gasteiger partial charge in [0.25, 0.3) is 5.91 Å². The standard InChI is InChI=1S/C24H23NO6/c1-28-20-10-6-9-19(14-20)25-23(26)16-31-24(27)18-11-12-21(22(13-18)29-2)30-15-17-7-4-3-5-8-17/h3-14H,15-16H2,1-2H3,(H,25,26). The van der Waals surface area contributed by atoms with E-state index in [1.807, 2.05) is 30.3 Å². The molecule has 3 aromatic rings. The zero-order valence-electron chi connectivity index (χ0n) is 17.3. The van der Waals surface area contributed by atoms with Gasteiger partial charge in [-0.2, -0.15) is 0 Å². The number of methoxy groups -OCH3 is 2. The molecule has 0 atom stereocenters. The highest BCUT2D eigenvalue weighted by Crippen LogP contribution is 2.29. The van der Waals surface area contributed by atoms with Crippen molar-refractivity contribution in [2.45, 2.75) is 6.61 Å². The Hall–Kier alpha value is -4.00. The molecule has 0 saturated carbocycles. The molecule has 0 saturated heterocycles. The normalized spacial score (nSPS) is 10.1. The van der Waals surface area contributed by atoms with Crippen LogP contribution in [0.25, 0.3) is 0 Å². The molecule has 0 bridgehead atoms. The van der Waals surface area contributed by atoms with Gasteiger partial charge in [0.1, 0.15) is 12.4 Å². The van der Waals surface area contributed by atoms with Gasteiger partial charge in [-0.05, 0) is 35.9 Å². The predicted octanol–water partition coefficient (Wildman–Crippen LogP) is 4.08. The fourth-order valence-electron chi connectivity index (χ4n) is 2.76. The number of carbonyl (C=O) groups excluding carboxylic acids is 2. The third-order valence-corrected chi connectivity index (χ3v) is 4.32. The average molecular weight is 421 g/mol. The maximum absolute atomic E-state index is 12.3. The highest BCUT2D eigenvalue weighted by Gasteiger charge is 2.14. The quantitative estimate of drug-likeness (QED) is 0.524. The smallest absolute Gasteiger partial charge is 0.338 e. The Bertz CT molecular complexity index is 1040. The highest BCUT2D eigenvalue weighted by molar-refractivity contribution is 5.95. The number of esters is 1. The summed E-state index contributed by atoms with van der Waals surface area (Å²) in [6.07, 6.45) is 0. The number of hydrogen-bond acceptors (Lipinski definition) is 6. The molecule has 1 amide bonds. The van der Waals surface area contributed by atoms with Crippen molar-refractivity contribution in [3.8, 4) is 17.2 Å². The van der Waals surface area contributed by atoms with Gasteiger partial charge < -0.3 is 24.3 Å². The Kier molecular flexibility index (Phi) is 7.48. The molecule has 160 valence electrons. The number of ether oxygens (including phenoxy) is 4. The monoisotopic (exact) mass is 421 g/mol. The summed E-state index contributed by atoms with van der Waals surface area (Å²) in [4.78, 5) is 24.4. The molecule has 0 heterocycles. The number of rotatable bonds is 9. The predicted molar refractivity (Wildman–Crippen MR) is 116 cm³/mol. The lowest BCUT2D eigenvalue weighted by Gasteiger charge is -2.12. The molecule has 0 unspecified atom stereocenters. The van der Waals surface area contributed by atoms with Gasteiger partial charge in [-0.3, -0.25) is 4.79 Å². The minimum atomic E-state index is -0.645. The van der Waals surface area contributed by atoms with Gasteiger partial charge in [0.05, 0.1) is 19.8 Å². The van der Waals surface area contributed by atoms with Crippen LogP contribution in [0.2, 0.25) is 0 Å². The highest BCUT2D eigenvalue weighted by atomic mass is 16.5. The maximum atomic E-state index is 12.3. The van der Waals surface area contributed by atoms with E-state index in [4.69, 9.17) is 18.9 Å². The molecule has 7 nitrogen and oxygen atoms in total. The van der Waals surface area contributed by atoms with Gasteiger partial charge >= 0.3 is 5.97 Å². The maximum Gasteiger partial charge on any atom is 0.338 e. The van der Waals surface area contributed by atoms with Gasteiger partial charge in [-0.25, -0.2) is 4.79 Å². The second kappa shape index (κ2) is 10.7. The van der Waals surface area contributed by atoms with Crippen molar-refractivity contribution in [2.75, 3.05) is 26.1 Å². The average Bonchev–Trinajstić information content (AvgIpc) is 2.81. The van der Waals surface area contributed by atoms with E-state index >= 15 is 0 Å². The summed E-state index contributed by atoms with van der Waals surface area (Å²) >= 11 is 0. The van der Waals surface area contributed by atoms with Gasteiger partial charge in [0, 0.05) is 11.8 Å². The Morgan fingerprint density at radius 2 is 1.65 bits per heavy atom. The van der Waals surface area contributed by atoms with Crippen LogP contribution in [0.1, 0.15) is 15.9 Å².